The van der Waals surface area contributed by atoms with Crippen LogP contribution in [0.15, 0.2) is 36.5 Å². The number of carboxylic acid groups (broad SMARTS) is 1. The maximum absolute atomic E-state index is 12.4. The molecule has 0 aliphatic heterocycles. The SMILES string of the molecule is CCC/C=C\C/C=C\CCCCCCCC(=O)OCC(O)COP(=O)(O)OCC(NC(=O)CCCCCCCCCCCCCCC/C=C/CCCCCCCC)C(=O)O. The predicted octanol–water partition coefficient (Wildman–Crippen LogP) is 12.8. The molecule has 0 fully saturated rings. The van der Waals surface area contributed by atoms with E-state index in [0.717, 1.165) is 64.2 Å². The maximum atomic E-state index is 12.4. The highest BCUT2D eigenvalue weighted by Gasteiger charge is 2.28. The molecule has 0 heterocycles. The second kappa shape index (κ2) is 43.4. The zero-order valence-corrected chi connectivity index (χ0v) is 38.9. The number of amides is 1. The van der Waals surface area contributed by atoms with Gasteiger partial charge in [-0.1, -0.05) is 179 Å². The van der Waals surface area contributed by atoms with Crippen LogP contribution < -0.4 is 5.32 Å². The Morgan fingerprint density at radius 2 is 0.950 bits per heavy atom. The van der Waals surface area contributed by atoms with Gasteiger partial charge in [0.2, 0.25) is 5.91 Å². The Kier molecular flexibility index (Phi) is 41.7. The highest BCUT2D eigenvalue weighted by Crippen LogP contribution is 2.43. The molecule has 0 saturated heterocycles. The minimum absolute atomic E-state index is 0.146. The van der Waals surface area contributed by atoms with E-state index in [1.807, 2.05) is 0 Å². The van der Waals surface area contributed by atoms with Gasteiger partial charge in [-0.2, -0.15) is 0 Å². The molecule has 0 bridgehead atoms. The first-order valence-corrected chi connectivity index (χ1v) is 25.5. The van der Waals surface area contributed by atoms with E-state index < -0.39 is 57.6 Å². The lowest BCUT2D eigenvalue weighted by Gasteiger charge is -2.18. The second-order valence-corrected chi connectivity index (χ2v) is 17.7. The zero-order chi connectivity index (χ0) is 44.2. The van der Waals surface area contributed by atoms with Crippen molar-refractivity contribution in [1.82, 2.24) is 5.32 Å². The zero-order valence-electron chi connectivity index (χ0n) is 38.0. The number of ether oxygens (including phenoxy) is 1. The van der Waals surface area contributed by atoms with Crippen molar-refractivity contribution >= 4 is 25.7 Å². The van der Waals surface area contributed by atoms with Crippen molar-refractivity contribution in [2.45, 2.75) is 231 Å². The summed E-state index contributed by atoms with van der Waals surface area (Å²) < 4.78 is 26.9. The van der Waals surface area contributed by atoms with Crippen molar-refractivity contribution in [3.05, 3.63) is 36.5 Å². The van der Waals surface area contributed by atoms with Gasteiger partial charge in [-0.3, -0.25) is 18.6 Å². The standard InChI is InChI=1S/C48H88NO10P/c1-3-5-7-9-11-13-15-17-18-19-20-21-22-23-24-25-26-28-29-31-33-35-37-39-46(51)49-45(48(53)54)43-59-60(55,56)58-42-44(50)41-57-47(52)40-38-36-34-32-30-27-16-14-12-10-8-6-4-2/h8,10,14,16-18,44-45,50H,3-7,9,11-13,15,19-43H2,1-2H3,(H,49,51)(H,53,54)(H,55,56)/b10-8-,16-14-,18-17+. The Balaban J connectivity index is 3.83. The summed E-state index contributed by atoms with van der Waals surface area (Å²) in [5.74, 6) is -2.38. The van der Waals surface area contributed by atoms with Gasteiger partial charge in [-0.25, -0.2) is 9.36 Å². The van der Waals surface area contributed by atoms with E-state index in [0.29, 0.717) is 12.8 Å². The minimum Gasteiger partial charge on any atom is -0.480 e. The number of rotatable bonds is 45. The molecule has 3 unspecified atom stereocenters. The molecule has 0 saturated carbocycles. The molecule has 0 aromatic carbocycles. The van der Waals surface area contributed by atoms with E-state index in [1.165, 1.54) is 116 Å². The van der Waals surface area contributed by atoms with Gasteiger partial charge in [-0.05, 0) is 64.2 Å². The Morgan fingerprint density at radius 3 is 1.43 bits per heavy atom. The Bertz CT molecular complexity index is 1160. The van der Waals surface area contributed by atoms with Gasteiger partial charge in [0.1, 0.15) is 12.7 Å². The second-order valence-electron chi connectivity index (χ2n) is 16.3. The van der Waals surface area contributed by atoms with Gasteiger partial charge in [-0.15, -0.1) is 0 Å². The van der Waals surface area contributed by atoms with E-state index in [-0.39, 0.29) is 12.8 Å². The molecule has 60 heavy (non-hydrogen) atoms. The van der Waals surface area contributed by atoms with Gasteiger partial charge in [0.05, 0.1) is 13.2 Å². The number of carboxylic acids is 1. The molecule has 3 atom stereocenters. The number of aliphatic carboxylic acids is 1. The number of unbranched alkanes of at least 4 members (excludes halogenated alkanes) is 25. The molecule has 0 aliphatic rings. The summed E-state index contributed by atoms with van der Waals surface area (Å²) in [7, 11) is -4.76. The molecule has 0 spiro atoms. The molecular weight excluding hydrogens is 781 g/mol. The molecule has 12 heteroatoms. The molecule has 11 nitrogen and oxygen atoms in total. The van der Waals surface area contributed by atoms with Crippen LogP contribution in [-0.2, 0) is 32.7 Å². The van der Waals surface area contributed by atoms with Crippen molar-refractivity contribution in [2.24, 2.45) is 0 Å². The predicted molar refractivity (Wildman–Crippen MR) is 245 cm³/mol. The average molecular weight is 870 g/mol. The lowest BCUT2D eigenvalue weighted by Crippen LogP contribution is -2.43. The molecule has 0 aromatic heterocycles. The number of allylic oxidation sites excluding steroid dienone is 6. The number of carbonyl (C=O) groups is 3. The van der Waals surface area contributed by atoms with Crippen molar-refractivity contribution < 1.29 is 47.8 Å². The smallest absolute Gasteiger partial charge is 0.472 e. The van der Waals surface area contributed by atoms with E-state index in [1.54, 1.807) is 0 Å². The largest absolute Gasteiger partial charge is 0.480 e. The van der Waals surface area contributed by atoms with Crippen LogP contribution >= 0.6 is 7.82 Å². The summed E-state index contributed by atoms with van der Waals surface area (Å²) in [6.07, 6.45) is 47.4. The fourth-order valence-corrected chi connectivity index (χ4v) is 7.42. The summed E-state index contributed by atoms with van der Waals surface area (Å²) in [5, 5.41) is 21.9. The summed E-state index contributed by atoms with van der Waals surface area (Å²) in [6, 6.07) is -1.55. The van der Waals surface area contributed by atoms with Gasteiger partial charge in [0.25, 0.3) is 0 Å². The Morgan fingerprint density at radius 1 is 0.533 bits per heavy atom. The Hall–Kier alpha value is -2.30. The summed E-state index contributed by atoms with van der Waals surface area (Å²) in [4.78, 5) is 46.0. The number of phosphoric acid groups is 1. The topological polar surface area (TPSA) is 169 Å². The maximum Gasteiger partial charge on any atom is 0.472 e. The van der Waals surface area contributed by atoms with E-state index in [2.05, 4.69) is 55.6 Å². The molecule has 1 amide bonds. The molecule has 0 radical (unpaired) electrons. The van der Waals surface area contributed by atoms with Crippen LogP contribution in [0.5, 0.6) is 0 Å². The number of phosphoric ester groups is 1. The summed E-state index contributed by atoms with van der Waals surface area (Å²) in [5.41, 5.74) is 0. The molecular formula is C48H88NO10P. The van der Waals surface area contributed by atoms with Crippen molar-refractivity contribution in [2.75, 3.05) is 19.8 Å². The first-order valence-electron chi connectivity index (χ1n) is 24.0. The van der Waals surface area contributed by atoms with Crippen LogP contribution in [0.1, 0.15) is 219 Å². The number of aliphatic hydroxyl groups excluding tert-OH is 1. The normalized spacial score (nSPS) is 13.9. The van der Waals surface area contributed by atoms with Crippen LogP contribution in [0.4, 0.5) is 0 Å². The number of aliphatic hydroxyl groups is 1. The monoisotopic (exact) mass is 870 g/mol. The van der Waals surface area contributed by atoms with Gasteiger partial charge in [0.15, 0.2) is 6.04 Å². The van der Waals surface area contributed by atoms with Gasteiger partial charge < -0.3 is 25.2 Å². The first-order chi connectivity index (χ1) is 29.1. The van der Waals surface area contributed by atoms with Crippen molar-refractivity contribution in [3.63, 3.8) is 0 Å². The van der Waals surface area contributed by atoms with Crippen LogP contribution in [0.3, 0.4) is 0 Å². The number of hydrogen-bond donors (Lipinski definition) is 4. The molecule has 0 rings (SSSR count). The summed E-state index contributed by atoms with van der Waals surface area (Å²) >= 11 is 0. The van der Waals surface area contributed by atoms with Crippen LogP contribution in [0, 0.1) is 0 Å². The van der Waals surface area contributed by atoms with E-state index >= 15 is 0 Å². The van der Waals surface area contributed by atoms with Crippen LogP contribution in [-0.4, -0.2) is 64.9 Å². The fourth-order valence-electron chi connectivity index (χ4n) is 6.64. The first kappa shape index (κ1) is 57.7. The van der Waals surface area contributed by atoms with Crippen LogP contribution in [0.2, 0.25) is 0 Å². The highest BCUT2D eigenvalue weighted by molar-refractivity contribution is 7.47. The van der Waals surface area contributed by atoms with Gasteiger partial charge >= 0.3 is 19.8 Å². The average Bonchev–Trinajstić information content (AvgIpc) is 3.22. The third-order valence-electron chi connectivity index (χ3n) is 10.4. The number of hydrogen-bond acceptors (Lipinski definition) is 8. The summed E-state index contributed by atoms with van der Waals surface area (Å²) in [6.45, 7) is 2.53. The third-order valence-corrected chi connectivity index (χ3v) is 11.3. The lowest BCUT2D eigenvalue weighted by molar-refractivity contribution is -0.147. The van der Waals surface area contributed by atoms with Crippen molar-refractivity contribution in [3.8, 4) is 0 Å². The molecule has 350 valence electrons. The number of nitrogens with one attached hydrogen (secondary N) is 1. The molecule has 4 N–H and O–H groups in total. The van der Waals surface area contributed by atoms with E-state index in [9.17, 15) is 34.1 Å². The highest BCUT2D eigenvalue weighted by atomic mass is 31.2. The molecule has 0 aromatic rings. The Labute approximate surface area is 365 Å². The third kappa shape index (κ3) is 42.4. The van der Waals surface area contributed by atoms with Crippen LogP contribution in [0.25, 0.3) is 0 Å². The lowest BCUT2D eigenvalue weighted by atomic mass is 10.0. The quantitative estimate of drug-likeness (QED) is 0.0200. The number of carbonyl (C=O) groups excluding carboxylic acids is 2. The van der Waals surface area contributed by atoms with E-state index in [4.69, 9.17) is 13.8 Å². The molecule has 0 aliphatic carbocycles. The van der Waals surface area contributed by atoms with Gasteiger partial charge in [0, 0.05) is 12.8 Å². The van der Waals surface area contributed by atoms with Crippen molar-refractivity contribution in [1.29, 1.82) is 0 Å². The fraction of sp³-hybridized carbons (Fsp3) is 0.812. The number of esters is 1. The minimum atomic E-state index is -4.76.